The van der Waals surface area contributed by atoms with Crippen LogP contribution in [0.25, 0.3) is 0 Å². The van der Waals surface area contributed by atoms with Crippen LogP contribution in [-0.4, -0.2) is 5.75 Å². The van der Waals surface area contributed by atoms with Gasteiger partial charge in [0.05, 0.1) is 0 Å². The first kappa shape index (κ1) is 17.8. The maximum Gasteiger partial charge on any atom is 0.194 e. The molecule has 0 N–H and O–H groups in total. The molecule has 0 spiro atoms. The van der Waals surface area contributed by atoms with Crippen molar-refractivity contribution in [2.45, 2.75) is 58.2 Å². The number of thioether (sulfide) groups is 1. The fraction of sp³-hybridized carbons (Fsp3) is 0.667. The van der Waals surface area contributed by atoms with Gasteiger partial charge in [0.2, 0.25) is 0 Å². The SMILES string of the molecule is CCCCCCCCSC[n+]1cccc(C)c1.[Cl-]. The lowest BCUT2D eigenvalue weighted by molar-refractivity contribution is -0.676. The summed E-state index contributed by atoms with van der Waals surface area (Å²) in [4.78, 5) is 0. The van der Waals surface area contributed by atoms with Crippen molar-refractivity contribution < 1.29 is 17.0 Å². The molecule has 0 unspecified atom stereocenters. The Morgan fingerprint density at radius 3 is 2.56 bits per heavy atom. The van der Waals surface area contributed by atoms with Gasteiger partial charge in [-0.25, -0.2) is 0 Å². The molecule has 0 aromatic carbocycles. The van der Waals surface area contributed by atoms with Crippen LogP contribution in [0.15, 0.2) is 24.5 Å². The number of pyridine rings is 1. The molecular weight excluding hydrogens is 262 g/mol. The molecule has 0 radical (unpaired) electrons. The third-order valence-corrected chi connectivity index (χ3v) is 3.95. The highest BCUT2D eigenvalue weighted by molar-refractivity contribution is 7.98. The van der Waals surface area contributed by atoms with E-state index in [9.17, 15) is 0 Å². The number of unbranched alkanes of at least 4 members (excludes halogenated alkanes) is 5. The number of hydrogen-bond acceptors (Lipinski definition) is 1. The maximum absolute atomic E-state index is 2.27. The van der Waals surface area contributed by atoms with Crippen molar-refractivity contribution in [3.63, 3.8) is 0 Å². The minimum atomic E-state index is 0. The van der Waals surface area contributed by atoms with Gasteiger partial charge in [-0.3, -0.25) is 0 Å². The molecule has 0 saturated carbocycles. The molecule has 1 aromatic heterocycles. The van der Waals surface area contributed by atoms with Gasteiger partial charge in [0.25, 0.3) is 0 Å². The van der Waals surface area contributed by atoms with E-state index >= 15 is 0 Å². The Hall–Kier alpha value is -0.210. The molecule has 18 heavy (non-hydrogen) atoms. The third-order valence-electron chi connectivity index (χ3n) is 2.89. The second kappa shape index (κ2) is 11.9. The molecule has 0 saturated heterocycles. The second-order valence-corrected chi connectivity index (χ2v) is 5.78. The topological polar surface area (TPSA) is 3.88 Å². The summed E-state index contributed by atoms with van der Waals surface area (Å²) in [6, 6.07) is 4.27. The summed E-state index contributed by atoms with van der Waals surface area (Å²) in [6.07, 6.45) is 12.8. The van der Waals surface area contributed by atoms with E-state index in [1.807, 2.05) is 11.8 Å². The highest BCUT2D eigenvalue weighted by Crippen LogP contribution is 2.09. The lowest BCUT2D eigenvalue weighted by Crippen LogP contribution is -3.00. The predicted octanol–water partition coefficient (Wildman–Crippen LogP) is 1.34. The van der Waals surface area contributed by atoms with Crippen molar-refractivity contribution in [3.05, 3.63) is 30.1 Å². The van der Waals surface area contributed by atoms with E-state index < -0.39 is 0 Å². The zero-order chi connectivity index (χ0) is 12.3. The fourth-order valence-electron chi connectivity index (χ4n) is 1.89. The molecule has 0 aliphatic carbocycles. The quantitative estimate of drug-likeness (QED) is 0.490. The number of hydrogen-bond donors (Lipinski definition) is 0. The minimum absolute atomic E-state index is 0. The molecule has 0 atom stereocenters. The zero-order valence-electron chi connectivity index (χ0n) is 11.7. The van der Waals surface area contributed by atoms with E-state index in [-0.39, 0.29) is 12.4 Å². The summed E-state index contributed by atoms with van der Waals surface area (Å²) in [5.74, 6) is 2.39. The van der Waals surface area contributed by atoms with E-state index in [1.165, 1.54) is 49.8 Å². The van der Waals surface area contributed by atoms with Gasteiger partial charge >= 0.3 is 0 Å². The monoisotopic (exact) mass is 287 g/mol. The lowest BCUT2D eigenvalue weighted by Gasteiger charge is -2.00. The predicted molar refractivity (Wildman–Crippen MR) is 77.2 cm³/mol. The summed E-state index contributed by atoms with van der Waals surface area (Å²) >= 11 is 2.04. The van der Waals surface area contributed by atoms with Crippen LogP contribution in [0.3, 0.4) is 0 Å². The van der Waals surface area contributed by atoms with Crippen molar-refractivity contribution in [1.29, 1.82) is 0 Å². The molecule has 1 nitrogen and oxygen atoms in total. The fourth-order valence-corrected chi connectivity index (χ4v) is 2.80. The van der Waals surface area contributed by atoms with Gasteiger partial charge in [-0.05, 0) is 25.2 Å². The Kier molecular flexibility index (Phi) is 11.7. The van der Waals surface area contributed by atoms with E-state index in [2.05, 4.69) is 42.9 Å². The number of nitrogens with zero attached hydrogens (tertiary/aromatic N) is 1. The summed E-state index contributed by atoms with van der Waals surface area (Å²) in [7, 11) is 0. The van der Waals surface area contributed by atoms with Crippen molar-refractivity contribution in [2.75, 3.05) is 5.75 Å². The molecule has 0 fully saturated rings. The van der Waals surface area contributed by atoms with Gasteiger partial charge in [0, 0.05) is 11.6 Å². The first-order valence-electron chi connectivity index (χ1n) is 6.86. The van der Waals surface area contributed by atoms with Crippen molar-refractivity contribution >= 4 is 11.8 Å². The standard InChI is InChI=1S/C15H26NS.ClH/c1-3-4-5-6-7-8-12-17-14-16-11-9-10-15(2)13-16;/h9-11,13H,3-8,12,14H2,1-2H3;1H/q+1;/p-1. The number of halogens is 1. The van der Waals surface area contributed by atoms with Crippen LogP contribution in [0.4, 0.5) is 0 Å². The van der Waals surface area contributed by atoms with Gasteiger partial charge in [-0.1, -0.05) is 50.8 Å². The third kappa shape index (κ3) is 8.82. The van der Waals surface area contributed by atoms with Gasteiger partial charge in [0.15, 0.2) is 18.3 Å². The molecule has 0 aliphatic heterocycles. The summed E-state index contributed by atoms with van der Waals surface area (Å²) in [5, 5.41) is 0. The minimum Gasteiger partial charge on any atom is -1.00 e. The molecule has 3 heteroatoms. The Morgan fingerprint density at radius 1 is 1.11 bits per heavy atom. The Labute approximate surface area is 123 Å². The van der Waals surface area contributed by atoms with E-state index in [0.717, 1.165) is 5.88 Å². The first-order valence-corrected chi connectivity index (χ1v) is 8.02. The normalized spacial score (nSPS) is 10.1. The largest absolute Gasteiger partial charge is 1.00 e. The average Bonchev–Trinajstić information content (AvgIpc) is 2.33. The van der Waals surface area contributed by atoms with Crippen molar-refractivity contribution in [3.8, 4) is 0 Å². The number of aromatic nitrogens is 1. The molecular formula is C15H26ClNS. The molecule has 1 rings (SSSR count). The summed E-state index contributed by atoms with van der Waals surface area (Å²) in [5.41, 5.74) is 1.34. The highest BCUT2D eigenvalue weighted by atomic mass is 35.5. The van der Waals surface area contributed by atoms with Crippen LogP contribution >= 0.6 is 11.8 Å². The molecule has 1 aromatic rings. The molecule has 1 heterocycles. The van der Waals surface area contributed by atoms with Crippen molar-refractivity contribution in [2.24, 2.45) is 0 Å². The van der Waals surface area contributed by atoms with E-state index in [4.69, 9.17) is 0 Å². The van der Waals surface area contributed by atoms with E-state index in [1.54, 1.807) is 0 Å². The van der Waals surface area contributed by atoms with Crippen LogP contribution in [0.1, 0.15) is 51.0 Å². The smallest absolute Gasteiger partial charge is 0.194 e. The van der Waals surface area contributed by atoms with Crippen LogP contribution in [-0.2, 0) is 5.88 Å². The van der Waals surface area contributed by atoms with Gasteiger partial charge < -0.3 is 12.4 Å². The molecule has 0 amide bonds. The van der Waals surface area contributed by atoms with Crippen molar-refractivity contribution in [1.82, 2.24) is 0 Å². The average molecular weight is 288 g/mol. The maximum atomic E-state index is 2.27. The van der Waals surface area contributed by atoms with Crippen LogP contribution in [0.2, 0.25) is 0 Å². The van der Waals surface area contributed by atoms with Crippen LogP contribution in [0, 0.1) is 6.92 Å². The highest BCUT2D eigenvalue weighted by Gasteiger charge is 1.99. The first-order chi connectivity index (χ1) is 8.33. The molecule has 0 bridgehead atoms. The number of aryl methyl sites for hydroxylation is 1. The van der Waals surface area contributed by atoms with Crippen LogP contribution < -0.4 is 17.0 Å². The molecule has 0 aliphatic rings. The molecule has 104 valence electrons. The zero-order valence-corrected chi connectivity index (χ0v) is 13.3. The van der Waals surface area contributed by atoms with Crippen LogP contribution in [0.5, 0.6) is 0 Å². The Morgan fingerprint density at radius 2 is 1.83 bits per heavy atom. The second-order valence-electron chi connectivity index (χ2n) is 4.70. The van der Waals surface area contributed by atoms with Gasteiger partial charge in [-0.2, -0.15) is 4.57 Å². The van der Waals surface area contributed by atoms with E-state index in [0.29, 0.717) is 0 Å². The Balaban J connectivity index is 0.00000289. The summed E-state index contributed by atoms with van der Waals surface area (Å²) < 4.78 is 2.27. The number of rotatable bonds is 9. The summed E-state index contributed by atoms with van der Waals surface area (Å²) in [6.45, 7) is 4.42. The lowest BCUT2D eigenvalue weighted by atomic mass is 10.1. The van der Waals surface area contributed by atoms with Gasteiger partial charge in [0.1, 0.15) is 0 Å². The Bertz CT molecular complexity index is 304. The van der Waals surface area contributed by atoms with Gasteiger partial charge in [-0.15, -0.1) is 0 Å².